The van der Waals surface area contributed by atoms with Gasteiger partial charge in [-0.25, -0.2) is 0 Å². The Balaban J connectivity index is 1.67. The summed E-state index contributed by atoms with van der Waals surface area (Å²) in [6, 6.07) is 7.61. The molecule has 1 aliphatic heterocycles. The lowest BCUT2D eigenvalue weighted by atomic mass is 10.1. The van der Waals surface area contributed by atoms with E-state index in [0.717, 1.165) is 17.0 Å². The van der Waals surface area contributed by atoms with Gasteiger partial charge in [-0.2, -0.15) is 13.2 Å². The van der Waals surface area contributed by atoms with E-state index >= 15 is 0 Å². The molecule has 11 heteroatoms. The largest absolute Gasteiger partial charge is 0.481 e. The number of alkyl halides is 3. The van der Waals surface area contributed by atoms with Crippen LogP contribution < -0.4 is 0 Å². The smallest absolute Gasteiger partial charge is 0.416 e. The number of imide groups is 1. The maximum atomic E-state index is 12.9. The van der Waals surface area contributed by atoms with Crippen LogP contribution in [0.5, 0.6) is 0 Å². The molecule has 1 aromatic carbocycles. The third-order valence-corrected chi connectivity index (χ3v) is 5.08. The summed E-state index contributed by atoms with van der Waals surface area (Å²) in [6.07, 6.45) is -3.33. The molecule has 0 bridgehead atoms. The van der Waals surface area contributed by atoms with E-state index in [0.29, 0.717) is 11.8 Å². The Bertz CT molecular complexity index is 1030. The third kappa shape index (κ3) is 5.76. The molecule has 0 spiro atoms. The maximum absolute atomic E-state index is 12.9. The minimum absolute atomic E-state index is 0.000946. The monoisotopic (exact) mass is 455 g/mol. The fourth-order valence-corrected chi connectivity index (χ4v) is 3.52. The number of halogens is 3. The van der Waals surface area contributed by atoms with Crippen LogP contribution in [-0.2, 0) is 20.5 Å². The molecule has 3 rings (SSSR count). The molecule has 1 N–H and O–H groups in total. The fraction of sp³-hybridized carbons (Fsp3) is 0.250. The van der Waals surface area contributed by atoms with Gasteiger partial charge in [0.25, 0.3) is 11.1 Å². The number of hydrogen-bond acceptors (Lipinski definition) is 6. The van der Waals surface area contributed by atoms with Gasteiger partial charge in [0, 0.05) is 11.6 Å². The first-order valence-corrected chi connectivity index (χ1v) is 9.79. The Morgan fingerprint density at radius 1 is 1.19 bits per heavy atom. The average molecular weight is 455 g/mol. The number of benzene rings is 1. The Hall–Kier alpha value is -3.05. The van der Waals surface area contributed by atoms with Crippen molar-refractivity contribution in [1.82, 2.24) is 4.90 Å². The van der Waals surface area contributed by atoms with E-state index in [-0.39, 0.29) is 48.2 Å². The van der Waals surface area contributed by atoms with Gasteiger partial charge in [-0.15, -0.1) is 0 Å². The molecular formula is C20H16F3NO6S. The molecule has 2 heterocycles. The molecule has 7 nitrogen and oxygen atoms in total. The molecular weight excluding hydrogens is 439 g/mol. The van der Waals surface area contributed by atoms with Gasteiger partial charge < -0.3 is 14.3 Å². The van der Waals surface area contributed by atoms with Crippen molar-refractivity contribution in [3.63, 3.8) is 0 Å². The number of carboxylic acids is 1. The standard InChI is InChI=1S/C20H16F3NO6S/c21-20(22,23)13-3-1-2-12(10-13)15-5-4-14(30-15)11-16-18(27)24(19(28)31-16)7-9-29-8-6-17(25)26/h1-5,10-11H,6-9H2,(H,25,26)/b16-11-. The van der Waals surface area contributed by atoms with Gasteiger partial charge >= 0.3 is 12.1 Å². The molecule has 164 valence electrons. The van der Waals surface area contributed by atoms with Gasteiger partial charge in [0.2, 0.25) is 0 Å². The number of hydrogen-bond donors (Lipinski definition) is 1. The lowest BCUT2D eigenvalue weighted by molar-refractivity contribution is -0.139. The van der Waals surface area contributed by atoms with Crippen molar-refractivity contribution in [2.45, 2.75) is 12.6 Å². The second-order valence-corrected chi connectivity index (χ2v) is 7.36. The zero-order valence-electron chi connectivity index (χ0n) is 15.8. The van der Waals surface area contributed by atoms with Crippen molar-refractivity contribution >= 4 is 35.0 Å². The molecule has 0 saturated carbocycles. The number of rotatable bonds is 8. The highest BCUT2D eigenvalue weighted by atomic mass is 32.2. The number of aliphatic carboxylic acids is 1. The molecule has 1 aliphatic rings. The average Bonchev–Trinajstić information content (AvgIpc) is 3.27. The summed E-state index contributed by atoms with van der Waals surface area (Å²) in [6.45, 7) is -0.0690. The van der Waals surface area contributed by atoms with E-state index in [1.165, 1.54) is 30.3 Å². The SMILES string of the molecule is O=C(O)CCOCCN1C(=O)S/C(=C\c2ccc(-c3cccc(C(F)(F)F)c3)o2)C1=O. The van der Waals surface area contributed by atoms with Crippen LogP contribution in [0.15, 0.2) is 45.7 Å². The van der Waals surface area contributed by atoms with E-state index < -0.39 is 28.9 Å². The van der Waals surface area contributed by atoms with Gasteiger partial charge in [0.15, 0.2) is 0 Å². The topological polar surface area (TPSA) is 97.1 Å². The number of amides is 2. The normalized spacial score (nSPS) is 15.8. The highest BCUT2D eigenvalue weighted by molar-refractivity contribution is 8.18. The van der Waals surface area contributed by atoms with Crippen molar-refractivity contribution < 1.29 is 41.8 Å². The molecule has 1 fully saturated rings. The van der Waals surface area contributed by atoms with E-state index in [1.807, 2.05) is 0 Å². The maximum Gasteiger partial charge on any atom is 0.416 e. The van der Waals surface area contributed by atoms with E-state index in [1.54, 1.807) is 0 Å². The molecule has 2 amide bonds. The van der Waals surface area contributed by atoms with Crippen LogP contribution in [0.1, 0.15) is 17.7 Å². The summed E-state index contributed by atoms with van der Waals surface area (Å²) in [5, 5.41) is 8.03. The van der Waals surface area contributed by atoms with E-state index in [9.17, 15) is 27.6 Å². The Morgan fingerprint density at radius 2 is 1.97 bits per heavy atom. The van der Waals surface area contributed by atoms with Gasteiger partial charge in [0.1, 0.15) is 11.5 Å². The first-order valence-electron chi connectivity index (χ1n) is 8.97. The van der Waals surface area contributed by atoms with Crippen LogP contribution in [0.3, 0.4) is 0 Å². The minimum atomic E-state index is -4.48. The highest BCUT2D eigenvalue weighted by Gasteiger charge is 2.35. The molecule has 31 heavy (non-hydrogen) atoms. The third-order valence-electron chi connectivity index (χ3n) is 4.17. The number of carboxylic acid groups (broad SMARTS) is 1. The van der Waals surface area contributed by atoms with Gasteiger partial charge in [-0.05, 0) is 36.0 Å². The number of carbonyl (C=O) groups is 3. The summed E-state index contributed by atoms with van der Waals surface area (Å²) in [5.74, 6) is -1.19. The number of nitrogens with zero attached hydrogens (tertiary/aromatic N) is 1. The highest BCUT2D eigenvalue weighted by Crippen LogP contribution is 2.35. The van der Waals surface area contributed by atoms with Crippen LogP contribution in [0, 0.1) is 0 Å². The lowest BCUT2D eigenvalue weighted by Crippen LogP contribution is -2.31. The predicted octanol–water partition coefficient (Wildman–Crippen LogP) is 4.49. The molecule has 1 aromatic heterocycles. The summed E-state index contributed by atoms with van der Waals surface area (Å²) in [4.78, 5) is 36.0. The predicted molar refractivity (Wildman–Crippen MR) is 105 cm³/mol. The van der Waals surface area contributed by atoms with Crippen LogP contribution in [0.25, 0.3) is 17.4 Å². The van der Waals surface area contributed by atoms with Crippen molar-refractivity contribution in [3.8, 4) is 11.3 Å². The number of ether oxygens (including phenoxy) is 1. The number of carbonyl (C=O) groups excluding carboxylic acids is 2. The van der Waals surface area contributed by atoms with Crippen molar-refractivity contribution in [1.29, 1.82) is 0 Å². The Kier molecular flexibility index (Phi) is 6.86. The van der Waals surface area contributed by atoms with Crippen molar-refractivity contribution in [2.75, 3.05) is 19.8 Å². The molecule has 2 aromatic rings. The zero-order chi connectivity index (χ0) is 22.6. The summed E-state index contributed by atoms with van der Waals surface area (Å²) in [7, 11) is 0. The lowest BCUT2D eigenvalue weighted by Gasteiger charge is -2.11. The molecule has 0 radical (unpaired) electrons. The fourth-order valence-electron chi connectivity index (χ4n) is 2.67. The minimum Gasteiger partial charge on any atom is -0.481 e. The van der Waals surface area contributed by atoms with Crippen LogP contribution >= 0.6 is 11.8 Å². The summed E-state index contributed by atoms with van der Waals surface area (Å²) < 4.78 is 49.3. The van der Waals surface area contributed by atoms with Crippen molar-refractivity contribution in [3.05, 3.63) is 52.6 Å². The molecule has 1 saturated heterocycles. The zero-order valence-corrected chi connectivity index (χ0v) is 16.7. The second kappa shape index (κ2) is 9.40. The van der Waals surface area contributed by atoms with Gasteiger partial charge in [-0.1, -0.05) is 12.1 Å². The van der Waals surface area contributed by atoms with Crippen LogP contribution in [0.4, 0.5) is 18.0 Å². The summed E-state index contributed by atoms with van der Waals surface area (Å²) in [5.41, 5.74) is -0.587. The van der Waals surface area contributed by atoms with E-state index in [2.05, 4.69) is 0 Å². The molecule has 0 unspecified atom stereocenters. The van der Waals surface area contributed by atoms with Crippen LogP contribution in [-0.4, -0.2) is 46.9 Å². The molecule has 0 aliphatic carbocycles. The number of thioether (sulfide) groups is 1. The second-order valence-electron chi connectivity index (χ2n) is 6.37. The molecule has 0 atom stereocenters. The van der Waals surface area contributed by atoms with Crippen LogP contribution in [0.2, 0.25) is 0 Å². The van der Waals surface area contributed by atoms with Gasteiger partial charge in [0.05, 0.1) is 36.6 Å². The summed E-state index contributed by atoms with van der Waals surface area (Å²) >= 11 is 0.696. The number of furan rings is 1. The van der Waals surface area contributed by atoms with E-state index in [4.69, 9.17) is 14.3 Å². The first kappa shape index (κ1) is 22.6. The Morgan fingerprint density at radius 3 is 2.68 bits per heavy atom. The van der Waals surface area contributed by atoms with Gasteiger partial charge in [-0.3, -0.25) is 19.3 Å². The quantitative estimate of drug-likeness (QED) is 0.463. The first-order chi connectivity index (χ1) is 14.6. The van der Waals surface area contributed by atoms with Crippen molar-refractivity contribution in [2.24, 2.45) is 0 Å². The Labute approximate surface area is 178 Å².